The van der Waals surface area contributed by atoms with Crippen LogP contribution < -0.4 is 16.0 Å². The van der Waals surface area contributed by atoms with Crippen molar-refractivity contribution in [3.05, 3.63) is 71.9 Å². The van der Waals surface area contributed by atoms with Crippen LogP contribution in [0.15, 0.2) is 60.7 Å². The highest BCUT2D eigenvalue weighted by Crippen LogP contribution is 2.25. The minimum absolute atomic E-state index is 0.0223. The first-order valence-corrected chi connectivity index (χ1v) is 13.7. The van der Waals surface area contributed by atoms with E-state index in [0.717, 1.165) is 16.5 Å². The summed E-state index contributed by atoms with van der Waals surface area (Å²) in [6.07, 6.45) is 0.304. The minimum atomic E-state index is -1.24. The number of nitrogens with one attached hydrogen (secondary N) is 4. The number of methoxy groups -OCH3 is 1. The van der Waals surface area contributed by atoms with Crippen molar-refractivity contribution in [2.24, 2.45) is 5.92 Å². The molecule has 2 saturated heterocycles. The number of rotatable bonds is 10. The van der Waals surface area contributed by atoms with Crippen molar-refractivity contribution in [1.82, 2.24) is 25.8 Å². The van der Waals surface area contributed by atoms with Crippen LogP contribution in [-0.4, -0.2) is 77.7 Å². The van der Waals surface area contributed by atoms with Gasteiger partial charge >= 0.3 is 0 Å². The van der Waals surface area contributed by atoms with E-state index in [1.165, 1.54) is 12.0 Å². The molecule has 2 aromatic carbocycles. The average Bonchev–Trinajstić information content (AvgIpc) is 3.73. The van der Waals surface area contributed by atoms with Crippen LogP contribution in [0.3, 0.4) is 0 Å². The summed E-state index contributed by atoms with van der Waals surface area (Å²) in [7, 11) is 1.51. The SMILES string of the molecule is COC1CC(C(=O)NC(CC2CCNC2=O)C(=O)C(=O)NCc2ccccc2)N(C(=O)c2cc3ccccc3[nH]2)C1. The fourth-order valence-corrected chi connectivity index (χ4v) is 5.46. The first-order valence-electron chi connectivity index (χ1n) is 13.7. The van der Waals surface area contributed by atoms with Gasteiger partial charge in [0.1, 0.15) is 11.7 Å². The van der Waals surface area contributed by atoms with Crippen LogP contribution in [-0.2, 0) is 30.5 Å². The number of hydrogen-bond acceptors (Lipinski definition) is 6. The molecule has 3 aromatic rings. The molecule has 41 heavy (non-hydrogen) atoms. The summed E-state index contributed by atoms with van der Waals surface area (Å²) >= 11 is 0. The summed E-state index contributed by atoms with van der Waals surface area (Å²) in [5.74, 6) is -3.40. The number of ketones is 1. The van der Waals surface area contributed by atoms with Gasteiger partial charge in [0.15, 0.2) is 0 Å². The molecule has 11 heteroatoms. The Bertz CT molecular complexity index is 1420. The molecule has 3 heterocycles. The number of ether oxygens (including phenoxy) is 1. The van der Waals surface area contributed by atoms with Gasteiger partial charge in [-0.2, -0.15) is 0 Å². The number of Topliss-reactive ketones (excluding diaryl/α,β-unsaturated/α-hetero) is 1. The summed E-state index contributed by atoms with van der Waals surface area (Å²) < 4.78 is 5.49. The standard InChI is InChI=1S/C30H33N5O6/c1-41-21-15-25(35(17-21)30(40)24-13-19-9-5-6-10-22(19)33-24)28(38)34-23(14-20-11-12-31-27(20)37)26(36)29(39)32-16-18-7-3-2-4-8-18/h2-10,13,20-21,23,25,33H,11-12,14-17H2,1H3,(H,31,37)(H,32,39)(H,34,38). The van der Waals surface area contributed by atoms with Crippen molar-refractivity contribution in [3.8, 4) is 0 Å². The molecule has 2 fully saturated rings. The maximum absolute atomic E-state index is 13.6. The highest BCUT2D eigenvalue weighted by molar-refractivity contribution is 6.38. The maximum Gasteiger partial charge on any atom is 0.289 e. The van der Waals surface area contributed by atoms with E-state index in [1.807, 2.05) is 54.6 Å². The lowest BCUT2D eigenvalue weighted by molar-refractivity contribution is -0.141. The Kier molecular flexibility index (Phi) is 8.44. The van der Waals surface area contributed by atoms with E-state index in [1.54, 1.807) is 6.07 Å². The van der Waals surface area contributed by atoms with E-state index in [0.29, 0.717) is 18.7 Å². The third-order valence-electron chi connectivity index (χ3n) is 7.76. The number of hydrogen-bond donors (Lipinski definition) is 4. The van der Waals surface area contributed by atoms with Crippen LogP contribution in [0.1, 0.15) is 35.3 Å². The lowest BCUT2D eigenvalue weighted by Gasteiger charge is -2.26. The fraction of sp³-hybridized carbons (Fsp3) is 0.367. The van der Waals surface area contributed by atoms with E-state index in [4.69, 9.17) is 4.74 Å². The maximum atomic E-state index is 13.6. The number of aromatic nitrogens is 1. The quantitative estimate of drug-likeness (QED) is 0.275. The number of benzene rings is 2. The number of carbonyl (C=O) groups excluding carboxylic acids is 5. The van der Waals surface area contributed by atoms with Crippen LogP contribution in [0.2, 0.25) is 0 Å². The molecule has 5 rings (SSSR count). The van der Waals surface area contributed by atoms with Crippen LogP contribution in [0.5, 0.6) is 0 Å². The Balaban J connectivity index is 1.33. The Hall–Kier alpha value is -4.51. The topological polar surface area (TPSA) is 150 Å². The van der Waals surface area contributed by atoms with Gasteiger partial charge in [-0.05, 0) is 30.5 Å². The lowest BCUT2D eigenvalue weighted by Crippen LogP contribution is -2.54. The molecule has 1 aromatic heterocycles. The number of aromatic amines is 1. The third kappa shape index (κ3) is 6.30. The van der Waals surface area contributed by atoms with Gasteiger partial charge in [0.25, 0.3) is 11.8 Å². The van der Waals surface area contributed by atoms with E-state index in [2.05, 4.69) is 20.9 Å². The van der Waals surface area contributed by atoms with Crippen molar-refractivity contribution in [1.29, 1.82) is 0 Å². The number of carbonyl (C=O) groups is 5. The second-order valence-corrected chi connectivity index (χ2v) is 10.4. The molecule has 0 saturated carbocycles. The fourth-order valence-electron chi connectivity index (χ4n) is 5.46. The predicted molar refractivity (Wildman–Crippen MR) is 149 cm³/mol. The molecule has 4 unspecified atom stereocenters. The van der Waals surface area contributed by atoms with Crippen molar-refractivity contribution in [3.63, 3.8) is 0 Å². The second kappa shape index (κ2) is 12.3. The van der Waals surface area contributed by atoms with Crippen molar-refractivity contribution in [2.75, 3.05) is 20.2 Å². The number of amides is 4. The zero-order valence-electron chi connectivity index (χ0n) is 22.7. The van der Waals surface area contributed by atoms with Crippen molar-refractivity contribution in [2.45, 2.75) is 44.0 Å². The van der Waals surface area contributed by atoms with Crippen LogP contribution >= 0.6 is 0 Å². The Morgan fingerprint density at radius 3 is 2.54 bits per heavy atom. The molecule has 4 atom stereocenters. The van der Waals surface area contributed by atoms with Crippen LogP contribution in [0.25, 0.3) is 10.9 Å². The first-order chi connectivity index (χ1) is 19.8. The highest BCUT2D eigenvalue weighted by atomic mass is 16.5. The van der Waals surface area contributed by atoms with Gasteiger partial charge in [-0.1, -0.05) is 48.5 Å². The summed E-state index contributed by atoms with van der Waals surface area (Å²) in [4.78, 5) is 70.2. The molecule has 11 nitrogen and oxygen atoms in total. The summed E-state index contributed by atoms with van der Waals surface area (Å²) in [6, 6.07) is 16.2. The van der Waals surface area contributed by atoms with Gasteiger partial charge < -0.3 is 30.6 Å². The summed E-state index contributed by atoms with van der Waals surface area (Å²) in [5.41, 5.74) is 1.93. The number of fused-ring (bicyclic) bond motifs is 1. The Labute approximate surface area is 237 Å². The molecule has 0 aliphatic carbocycles. The first kappa shape index (κ1) is 28.0. The Morgan fingerprint density at radius 2 is 1.83 bits per heavy atom. The molecule has 0 radical (unpaired) electrons. The molecular weight excluding hydrogens is 526 g/mol. The summed E-state index contributed by atoms with van der Waals surface area (Å²) in [5, 5.41) is 8.90. The monoisotopic (exact) mass is 559 g/mol. The molecule has 4 amide bonds. The molecule has 214 valence electrons. The highest BCUT2D eigenvalue weighted by Gasteiger charge is 2.42. The second-order valence-electron chi connectivity index (χ2n) is 10.4. The number of para-hydroxylation sites is 1. The molecule has 2 aliphatic heterocycles. The predicted octanol–water partition coefficient (Wildman–Crippen LogP) is 1.29. The van der Waals surface area contributed by atoms with Gasteiger partial charge in [-0.15, -0.1) is 0 Å². The zero-order chi connectivity index (χ0) is 28.9. The minimum Gasteiger partial charge on any atom is -0.380 e. The smallest absolute Gasteiger partial charge is 0.289 e. The van der Waals surface area contributed by atoms with Gasteiger partial charge in [0.2, 0.25) is 17.6 Å². The molecule has 0 spiro atoms. The lowest BCUT2D eigenvalue weighted by atomic mass is 9.95. The summed E-state index contributed by atoms with van der Waals surface area (Å²) in [6.45, 7) is 0.786. The molecule has 0 bridgehead atoms. The van der Waals surface area contributed by atoms with Gasteiger partial charge in [0.05, 0.1) is 12.1 Å². The van der Waals surface area contributed by atoms with Crippen molar-refractivity contribution < 1.29 is 28.7 Å². The van der Waals surface area contributed by atoms with Gasteiger partial charge in [-0.3, -0.25) is 24.0 Å². The van der Waals surface area contributed by atoms with E-state index in [9.17, 15) is 24.0 Å². The van der Waals surface area contributed by atoms with Crippen LogP contribution in [0, 0.1) is 5.92 Å². The third-order valence-corrected chi connectivity index (χ3v) is 7.76. The molecule has 4 N–H and O–H groups in total. The number of likely N-dealkylation sites (tertiary alicyclic amines) is 1. The van der Waals surface area contributed by atoms with E-state index in [-0.39, 0.29) is 43.8 Å². The van der Waals surface area contributed by atoms with Crippen LogP contribution in [0.4, 0.5) is 0 Å². The number of nitrogens with zero attached hydrogens (tertiary/aromatic N) is 1. The number of H-pyrrole nitrogens is 1. The molecular formula is C30H33N5O6. The normalized spacial score (nSPS) is 21.0. The van der Waals surface area contributed by atoms with E-state index >= 15 is 0 Å². The van der Waals surface area contributed by atoms with Gasteiger partial charge in [-0.25, -0.2) is 0 Å². The average molecular weight is 560 g/mol. The van der Waals surface area contributed by atoms with Crippen molar-refractivity contribution >= 4 is 40.3 Å². The zero-order valence-corrected chi connectivity index (χ0v) is 22.7. The Morgan fingerprint density at radius 1 is 1.07 bits per heavy atom. The largest absolute Gasteiger partial charge is 0.380 e. The molecule has 2 aliphatic rings. The van der Waals surface area contributed by atoms with E-state index < -0.39 is 35.6 Å². The van der Waals surface area contributed by atoms with Gasteiger partial charge in [0, 0.05) is 50.0 Å².